The van der Waals surface area contributed by atoms with E-state index in [1.165, 1.54) is 18.2 Å². The van der Waals surface area contributed by atoms with Gasteiger partial charge in [-0.1, -0.05) is 18.2 Å². The second-order valence-electron chi connectivity index (χ2n) is 5.17. The minimum Gasteiger partial charge on any atom is -0.388 e. The molecule has 3 N–H and O–H groups in total. The molecule has 0 saturated carbocycles. The van der Waals surface area contributed by atoms with Crippen molar-refractivity contribution in [1.82, 2.24) is 0 Å². The van der Waals surface area contributed by atoms with Crippen LogP contribution in [-0.4, -0.2) is 24.9 Å². The van der Waals surface area contributed by atoms with Crippen LogP contribution in [0.1, 0.15) is 30.1 Å². The molecule has 112 valence electrons. The minimum absolute atomic E-state index is 0.104. The van der Waals surface area contributed by atoms with Crippen molar-refractivity contribution >= 4 is 0 Å². The van der Waals surface area contributed by atoms with Crippen LogP contribution in [0.3, 0.4) is 0 Å². The van der Waals surface area contributed by atoms with Crippen molar-refractivity contribution in [1.29, 1.82) is 0 Å². The summed E-state index contributed by atoms with van der Waals surface area (Å²) in [6.07, 6.45) is -4.82. The van der Waals surface area contributed by atoms with E-state index >= 15 is 0 Å². The monoisotopic (exact) mass is 289 g/mol. The summed E-state index contributed by atoms with van der Waals surface area (Å²) in [5.74, 6) is 0. The lowest BCUT2D eigenvalue weighted by molar-refractivity contribution is -0.141. The van der Waals surface area contributed by atoms with Crippen molar-refractivity contribution in [3.63, 3.8) is 0 Å². The Morgan fingerprint density at radius 3 is 2.40 bits per heavy atom. The highest BCUT2D eigenvalue weighted by Gasteiger charge is 2.43. The first kappa shape index (κ1) is 15.3. The molecule has 1 saturated heterocycles. The second-order valence-corrected chi connectivity index (χ2v) is 5.17. The van der Waals surface area contributed by atoms with Gasteiger partial charge in [-0.15, -0.1) is 0 Å². The van der Waals surface area contributed by atoms with E-state index in [1.807, 2.05) is 0 Å². The Balaban J connectivity index is 2.40. The van der Waals surface area contributed by atoms with Gasteiger partial charge in [0.2, 0.25) is 0 Å². The summed E-state index contributed by atoms with van der Waals surface area (Å²) in [6, 6.07) is 5.12. The fourth-order valence-electron chi connectivity index (χ4n) is 2.69. The third-order valence-electron chi connectivity index (χ3n) is 4.04. The van der Waals surface area contributed by atoms with Crippen LogP contribution >= 0.6 is 0 Å². The first-order valence-corrected chi connectivity index (χ1v) is 6.53. The summed E-state index contributed by atoms with van der Waals surface area (Å²) in [4.78, 5) is 0. The van der Waals surface area contributed by atoms with E-state index in [-0.39, 0.29) is 12.1 Å². The largest absolute Gasteiger partial charge is 0.416 e. The fourth-order valence-corrected chi connectivity index (χ4v) is 2.69. The third-order valence-corrected chi connectivity index (χ3v) is 4.04. The van der Waals surface area contributed by atoms with Gasteiger partial charge in [-0.05, 0) is 24.5 Å². The maximum atomic E-state index is 13.0. The molecular weight excluding hydrogens is 271 g/mol. The lowest BCUT2D eigenvalue weighted by Gasteiger charge is -2.40. The van der Waals surface area contributed by atoms with Crippen LogP contribution in [0.15, 0.2) is 24.3 Å². The van der Waals surface area contributed by atoms with E-state index in [2.05, 4.69) is 0 Å². The van der Waals surface area contributed by atoms with Crippen LogP contribution < -0.4 is 5.73 Å². The number of ether oxygens (including phenoxy) is 1. The average molecular weight is 289 g/mol. The summed E-state index contributed by atoms with van der Waals surface area (Å²) < 4.78 is 44.3. The summed E-state index contributed by atoms with van der Waals surface area (Å²) in [5.41, 5.74) is 4.08. The molecule has 6 heteroatoms. The molecule has 1 aromatic carbocycles. The normalized spacial score (nSPS) is 20.6. The third kappa shape index (κ3) is 2.82. The molecule has 1 unspecified atom stereocenters. The number of aliphatic hydroxyl groups is 1. The molecule has 1 aliphatic heterocycles. The molecule has 0 aromatic heterocycles. The molecule has 0 aliphatic carbocycles. The van der Waals surface area contributed by atoms with Crippen molar-refractivity contribution in [3.05, 3.63) is 35.4 Å². The first-order chi connectivity index (χ1) is 9.41. The van der Waals surface area contributed by atoms with E-state index in [9.17, 15) is 18.3 Å². The molecule has 0 spiro atoms. The number of alkyl halides is 3. The molecule has 20 heavy (non-hydrogen) atoms. The minimum atomic E-state index is -4.49. The Kier molecular flexibility index (Phi) is 4.36. The molecule has 0 amide bonds. The van der Waals surface area contributed by atoms with Crippen LogP contribution in [0.25, 0.3) is 0 Å². The van der Waals surface area contributed by atoms with Gasteiger partial charge >= 0.3 is 6.18 Å². The number of hydrogen-bond acceptors (Lipinski definition) is 3. The zero-order valence-corrected chi connectivity index (χ0v) is 11.0. The summed E-state index contributed by atoms with van der Waals surface area (Å²) in [6.45, 7) is 0.939. The maximum Gasteiger partial charge on any atom is 0.416 e. The van der Waals surface area contributed by atoms with Gasteiger partial charge in [0.25, 0.3) is 0 Å². The van der Waals surface area contributed by atoms with Gasteiger partial charge in [0, 0.05) is 25.2 Å². The molecule has 0 radical (unpaired) electrons. The van der Waals surface area contributed by atoms with Crippen LogP contribution in [0.4, 0.5) is 13.2 Å². The van der Waals surface area contributed by atoms with E-state index in [0.717, 1.165) is 6.07 Å². The Morgan fingerprint density at radius 2 is 1.85 bits per heavy atom. The van der Waals surface area contributed by atoms with E-state index < -0.39 is 23.3 Å². The summed E-state index contributed by atoms with van der Waals surface area (Å²) >= 11 is 0. The quantitative estimate of drug-likeness (QED) is 0.899. The van der Waals surface area contributed by atoms with Crippen LogP contribution in [-0.2, 0) is 10.9 Å². The highest BCUT2D eigenvalue weighted by molar-refractivity contribution is 5.33. The number of halogens is 3. The van der Waals surface area contributed by atoms with Crippen molar-refractivity contribution in [2.45, 2.75) is 25.1 Å². The lowest BCUT2D eigenvalue weighted by atomic mass is 9.72. The van der Waals surface area contributed by atoms with Gasteiger partial charge < -0.3 is 15.6 Å². The van der Waals surface area contributed by atoms with Gasteiger partial charge in [-0.3, -0.25) is 0 Å². The molecule has 1 fully saturated rings. The maximum absolute atomic E-state index is 13.0. The second kappa shape index (κ2) is 5.71. The molecule has 0 bridgehead atoms. The highest BCUT2D eigenvalue weighted by atomic mass is 19.4. The van der Waals surface area contributed by atoms with Crippen molar-refractivity contribution in [2.24, 2.45) is 11.1 Å². The molecule has 1 aromatic rings. The predicted molar refractivity (Wildman–Crippen MR) is 67.9 cm³/mol. The topological polar surface area (TPSA) is 55.5 Å². The number of nitrogens with two attached hydrogens (primary N) is 1. The first-order valence-electron chi connectivity index (χ1n) is 6.53. The number of aliphatic hydroxyl groups excluding tert-OH is 1. The molecule has 1 atom stereocenters. The van der Waals surface area contributed by atoms with Crippen molar-refractivity contribution in [3.8, 4) is 0 Å². The molecular formula is C14H18F3NO2. The lowest BCUT2D eigenvalue weighted by Crippen LogP contribution is -2.42. The van der Waals surface area contributed by atoms with Gasteiger partial charge in [0.1, 0.15) is 0 Å². The zero-order valence-electron chi connectivity index (χ0n) is 11.0. The number of benzene rings is 1. The molecule has 3 nitrogen and oxygen atoms in total. The number of rotatable bonds is 3. The summed E-state index contributed by atoms with van der Waals surface area (Å²) in [7, 11) is 0. The van der Waals surface area contributed by atoms with Crippen molar-refractivity contribution < 1.29 is 23.0 Å². The molecule has 1 aliphatic rings. The van der Waals surface area contributed by atoms with Gasteiger partial charge in [0.15, 0.2) is 0 Å². The van der Waals surface area contributed by atoms with E-state index in [4.69, 9.17) is 10.5 Å². The van der Waals surface area contributed by atoms with Crippen LogP contribution in [0, 0.1) is 5.41 Å². The van der Waals surface area contributed by atoms with Crippen molar-refractivity contribution in [2.75, 3.05) is 19.8 Å². The highest BCUT2D eigenvalue weighted by Crippen LogP contribution is 2.45. The standard InChI is InChI=1S/C14H18F3NO2/c15-14(16,17)11-4-2-1-3-10(11)12(19)13(9-18)5-7-20-8-6-13/h1-4,12,19H,5-9,18H2. The Morgan fingerprint density at radius 1 is 1.25 bits per heavy atom. The SMILES string of the molecule is NCC1(C(O)c2ccccc2C(F)(F)F)CCOCC1. The predicted octanol–water partition coefficient (Wildman–Crippen LogP) is 2.49. The van der Waals surface area contributed by atoms with E-state index in [0.29, 0.717) is 26.1 Å². The van der Waals surface area contributed by atoms with Gasteiger partial charge in [-0.25, -0.2) is 0 Å². The Labute approximate surface area is 115 Å². The summed E-state index contributed by atoms with van der Waals surface area (Å²) in [5, 5.41) is 10.5. The fraction of sp³-hybridized carbons (Fsp3) is 0.571. The van der Waals surface area contributed by atoms with Crippen LogP contribution in [0.5, 0.6) is 0 Å². The Bertz CT molecular complexity index is 456. The van der Waals surface area contributed by atoms with Gasteiger partial charge in [-0.2, -0.15) is 13.2 Å². The number of hydrogen-bond donors (Lipinski definition) is 2. The average Bonchev–Trinajstić information content (AvgIpc) is 2.46. The van der Waals surface area contributed by atoms with E-state index in [1.54, 1.807) is 0 Å². The molecule has 2 rings (SSSR count). The molecule has 1 heterocycles. The van der Waals surface area contributed by atoms with Crippen LogP contribution in [0.2, 0.25) is 0 Å². The Hall–Kier alpha value is -1.11. The smallest absolute Gasteiger partial charge is 0.388 e. The van der Waals surface area contributed by atoms with Gasteiger partial charge in [0.05, 0.1) is 11.7 Å². The zero-order chi connectivity index (χ0) is 14.8.